The fourth-order valence-corrected chi connectivity index (χ4v) is 1.98. The van der Waals surface area contributed by atoms with Crippen LogP contribution in [0.2, 0.25) is 0 Å². The molecule has 0 amide bonds. The van der Waals surface area contributed by atoms with Crippen molar-refractivity contribution >= 4 is 0 Å². The van der Waals surface area contributed by atoms with E-state index >= 15 is 0 Å². The van der Waals surface area contributed by atoms with Crippen molar-refractivity contribution in [3.63, 3.8) is 0 Å². The largest absolute Gasteiger partial charge is 0.384 e. The number of ether oxygens (including phenoxy) is 2. The summed E-state index contributed by atoms with van der Waals surface area (Å²) in [5, 5.41) is 0. The highest BCUT2D eigenvalue weighted by molar-refractivity contribution is 4.89. The second kappa shape index (κ2) is 2.51. The monoisotopic (exact) mass is 142 g/mol. The van der Waals surface area contributed by atoms with Crippen molar-refractivity contribution in [2.45, 2.75) is 31.5 Å². The summed E-state index contributed by atoms with van der Waals surface area (Å²) in [6.45, 7) is 0.886. The molecular formula is C8H14O2. The first kappa shape index (κ1) is 6.62. The molecule has 1 saturated carbocycles. The van der Waals surface area contributed by atoms with Crippen LogP contribution in [0.1, 0.15) is 19.3 Å². The summed E-state index contributed by atoms with van der Waals surface area (Å²) in [6, 6.07) is 0. The van der Waals surface area contributed by atoms with Gasteiger partial charge in [0, 0.05) is 19.4 Å². The van der Waals surface area contributed by atoms with Crippen LogP contribution in [-0.4, -0.2) is 25.9 Å². The van der Waals surface area contributed by atoms with Crippen molar-refractivity contribution in [1.82, 2.24) is 0 Å². The smallest absolute Gasteiger partial charge is 0.0653 e. The second-order valence-electron chi connectivity index (χ2n) is 3.33. The Morgan fingerprint density at radius 1 is 1.50 bits per heavy atom. The van der Waals surface area contributed by atoms with E-state index in [4.69, 9.17) is 9.47 Å². The molecule has 58 valence electrons. The van der Waals surface area contributed by atoms with Crippen LogP contribution in [0.3, 0.4) is 0 Å². The van der Waals surface area contributed by atoms with E-state index in [0.29, 0.717) is 18.1 Å². The van der Waals surface area contributed by atoms with Crippen molar-refractivity contribution in [3.8, 4) is 0 Å². The van der Waals surface area contributed by atoms with Crippen LogP contribution in [0.4, 0.5) is 0 Å². The molecule has 2 heteroatoms. The Morgan fingerprint density at radius 2 is 2.30 bits per heavy atom. The molecule has 0 N–H and O–H groups in total. The molecule has 2 heterocycles. The maximum atomic E-state index is 5.56. The van der Waals surface area contributed by atoms with Crippen LogP contribution in [0.5, 0.6) is 0 Å². The zero-order valence-electron chi connectivity index (χ0n) is 6.38. The number of hydrogen-bond acceptors (Lipinski definition) is 2. The van der Waals surface area contributed by atoms with E-state index in [1.165, 1.54) is 19.3 Å². The summed E-state index contributed by atoms with van der Waals surface area (Å²) in [4.78, 5) is 0. The highest BCUT2D eigenvalue weighted by atomic mass is 16.5. The molecule has 2 bridgehead atoms. The topological polar surface area (TPSA) is 18.5 Å². The van der Waals surface area contributed by atoms with Crippen molar-refractivity contribution in [2.24, 2.45) is 5.92 Å². The molecule has 0 spiro atoms. The van der Waals surface area contributed by atoms with Crippen LogP contribution in [-0.2, 0) is 9.47 Å². The molecule has 10 heavy (non-hydrogen) atoms. The SMILES string of the molecule is COCC1CCC2CC1O2. The molecule has 3 fully saturated rings. The molecule has 2 nitrogen and oxygen atoms in total. The number of rotatable bonds is 2. The van der Waals surface area contributed by atoms with Gasteiger partial charge in [-0.3, -0.25) is 0 Å². The lowest BCUT2D eigenvalue weighted by atomic mass is 9.80. The van der Waals surface area contributed by atoms with Gasteiger partial charge in [0.25, 0.3) is 0 Å². The predicted octanol–water partition coefficient (Wildman–Crippen LogP) is 1.20. The van der Waals surface area contributed by atoms with Crippen LogP contribution in [0, 0.1) is 5.92 Å². The fourth-order valence-electron chi connectivity index (χ4n) is 1.98. The van der Waals surface area contributed by atoms with Crippen LogP contribution >= 0.6 is 0 Å². The zero-order valence-corrected chi connectivity index (χ0v) is 6.38. The highest BCUT2D eigenvalue weighted by Crippen LogP contribution is 2.38. The number of hydrogen-bond donors (Lipinski definition) is 0. The van der Waals surface area contributed by atoms with E-state index < -0.39 is 0 Å². The summed E-state index contributed by atoms with van der Waals surface area (Å²) in [6.07, 6.45) is 5.00. The van der Waals surface area contributed by atoms with Gasteiger partial charge >= 0.3 is 0 Å². The van der Waals surface area contributed by atoms with E-state index in [1.54, 1.807) is 7.11 Å². The normalized spacial score (nSPS) is 44.7. The Kier molecular flexibility index (Phi) is 1.66. The molecular weight excluding hydrogens is 128 g/mol. The van der Waals surface area contributed by atoms with Crippen molar-refractivity contribution < 1.29 is 9.47 Å². The van der Waals surface area contributed by atoms with Crippen molar-refractivity contribution in [1.29, 1.82) is 0 Å². The average molecular weight is 142 g/mol. The molecule has 0 aromatic carbocycles. The first-order valence-corrected chi connectivity index (χ1v) is 4.04. The molecule has 0 aromatic rings. The molecule has 2 saturated heterocycles. The Morgan fingerprint density at radius 3 is 2.80 bits per heavy atom. The molecule has 0 aromatic heterocycles. The summed E-state index contributed by atoms with van der Waals surface area (Å²) >= 11 is 0. The van der Waals surface area contributed by atoms with E-state index in [-0.39, 0.29) is 0 Å². The third kappa shape index (κ3) is 0.956. The first-order chi connectivity index (χ1) is 4.90. The Labute approximate surface area is 61.5 Å². The predicted molar refractivity (Wildman–Crippen MR) is 37.9 cm³/mol. The van der Waals surface area contributed by atoms with Crippen LogP contribution in [0.25, 0.3) is 0 Å². The second-order valence-corrected chi connectivity index (χ2v) is 3.33. The Bertz CT molecular complexity index is 114. The van der Waals surface area contributed by atoms with E-state index in [1.807, 2.05) is 0 Å². The maximum Gasteiger partial charge on any atom is 0.0653 e. The minimum Gasteiger partial charge on any atom is -0.384 e. The van der Waals surface area contributed by atoms with Crippen molar-refractivity contribution in [3.05, 3.63) is 0 Å². The van der Waals surface area contributed by atoms with E-state index in [0.717, 1.165) is 6.61 Å². The lowest BCUT2D eigenvalue weighted by molar-refractivity contribution is -0.193. The lowest BCUT2D eigenvalue weighted by Gasteiger charge is -2.46. The summed E-state index contributed by atoms with van der Waals surface area (Å²) in [5.41, 5.74) is 0. The Hall–Kier alpha value is -0.0800. The van der Waals surface area contributed by atoms with Gasteiger partial charge in [0.15, 0.2) is 0 Å². The molecule has 1 aliphatic carbocycles. The molecule has 3 aliphatic rings. The minimum atomic E-state index is 0.540. The van der Waals surface area contributed by atoms with Gasteiger partial charge in [0.1, 0.15) is 0 Å². The third-order valence-electron chi connectivity index (χ3n) is 2.63. The van der Waals surface area contributed by atoms with Gasteiger partial charge in [-0.1, -0.05) is 0 Å². The average Bonchev–Trinajstić information content (AvgIpc) is 1.87. The summed E-state index contributed by atoms with van der Waals surface area (Å²) in [7, 11) is 1.77. The standard InChI is InChI=1S/C8H14O2/c1-9-5-6-2-3-7-4-8(6)10-7/h6-8H,2-5H2,1H3. The summed E-state index contributed by atoms with van der Waals surface area (Å²) in [5.74, 6) is 0.690. The van der Waals surface area contributed by atoms with Gasteiger partial charge in [0.2, 0.25) is 0 Å². The molecule has 2 aliphatic heterocycles. The summed E-state index contributed by atoms with van der Waals surface area (Å²) < 4.78 is 10.7. The molecule has 3 rings (SSSR count). The van der Waals surface area contributed by atoms with E-state index in [9.17, 15) is 0 Å². The molecule has 3 atom stereocenters. The maximum absolute atomic E-state index is 5.56. The molecule has 0 radical (unpaired) electrons. The van der Waals surface area contributed by atoms with Gasteiger partial charge < -0.3 is 9.47 Å². The minimum absolute atomic E-state index is 0.540. The zero-order chi connectivity index (χ0) is 6.97. The van der Waals surface area contributed by atoms with Gasteiger partial charge in [-0.25, -0.2) is 0 Å². The first-order valence-electron chi connectivity index (χ1n) is 4.04. The van der Waals surface area contributed by atoms with Gasteiger partial charge in [-0.15, -0.1) is 0 Å². The van der Waals surface area contributed by atoms with Gasteiger partial charge in [0.05, 0.1) is 18.8 Å². The van der Waals surface area contributed by atoms with Gasteiger partial charge in [-0.05, 0) is 12.8 Å². The Balaban J connectivity index is 1.84. The number of methoxy groups -OCH3 is 1. The number of fused-ring (bicyclic) bond motifs is 2. The quantitative estimate of drug-likeness (QED) is 0.576. The van der Waals surface area contributed by atoms with Crippen LogP contribution < -0.4 is 0 Å². The van der Waals surface area contributed by atoms with Gasteiger partial charge in [-0.2, -0.15) is 0 Å². The lowest BCUT2D eigenvalue weighted by Crippen LogP contribution is -2.48. The fraction of sp³-hybridized carbons (Fsp3) is 1.00. The highest BCUT2D eigenvalue weighted by Gasteiger charge is 2.40. The molecule has 3 unspecified atom stereocenters. The third-order valence-corrected chi connectivity index (χ3v) is 2.63. The van der Waals surface area contributed by atoms with Crippen molar-refractivity contribution in [2.75, 3.05) is 13.7 Å². The van der Waals surface area contributed by atoms with E-state index in [2.05, 4.69) is 0 Å². The van der Waals surface area contributed by atoms with Crippen LogP contribution in [0.15, 0.2) is 0 Å².